The third-order valence-corrected chi connectivity index (χ3v) is 3.72. The highest BCUT2D eigenvalue weighted by atomic mass is 16.1. The van der Waals surface area contributed by atoms with Crippen LogP contribution in [0.1, 0.15) is 48.5 Å². The lowest BCUT2D eigenvalue weighted by Crippen LogP contribution is -2.22. The summed E-state index contributed by atoms with van der Waals surface area (Å²) in [5, 5.41) is 0. The highest BCUT2D eigenvalue weighted by molar-refractivity contribution is 5.99. The van der Waals surface area contributed by atoms with Crippen molar-refractivity contribution >= 4 is 5.78 Å². The number of rotatable bonds is 2. The van der Waals surface area contributed by atoms with Gasteiger partial charge < -0.3 is 0 Å². The Morgan fingerprint density at radius 2 is 2.00 bits per heavy atom. The molecule has 0 bridgehead atoms. The van der Waals surface area contributed by atoms with Gasteiger partial charge in [-0.15, -0.1) is 0 Å². The van der Waals surface area contributed by atoms with E-state index in [2.05, 4.69) is 6.92 Å². The van der Waals surface area contributed by atoms with Gasteiger partial charge in [0, 0.05) is 11.5 Å². The first-order chi connectivity index (χ1) is 7.68. The van der Waals surface area contributed by atoms with Crippen LogP contribution in [0, 0.1) is 18.8 Å². The summed E-state index contributed by atoms with van der Waals surface area (Å²) in [7, 11) is 0. The summed E-state index contributed by atoms with van der Waals surface area (Å²) < 4.78 is 0. The molecule has 0 spiro atoms. The van der Waals surface area contributed by atoms with Crippen LogP contribution in [0.2, 0.25) is 0 Å². The summed E-state index contributed by atoms with van der Waals surface area (Å²) in [4.78, 5) is 12.4. The predicted octanol–water partition coefficient (Wildman–Crippen LogP) is 4.00. The van der Waals surface area contributed by atoms with E-state index in [1.54, 1.807) is 0 Å². The summed E-state index contributed by atoms with van der Waals surface area (Å²) in [6.07, 6.45) is 4.66. The van der Waals surface area contributed by atoms with Gasteiger partial charge in [0.1, 0.15) is 0 Å². The van der Waals surface area contributed by atoms with E-state index in [4.69, 9.17) is 0 Å². The number of hydrogen-bond acceptors (Lipinski definition) is 1. The smallest absolute Gasteiger partial charge is 0.166 e. The molecule has 1 aromatic carbocycles. The lowest BCUT2D eigenvalue weighted by molar-refractivity contribution is 0.0867. The highest BCUT2D eigenvalue weighted by Gasteiger charge is 2.26. The molecule has 0 saturated heterocycles. The van der Waals surface area contributed by atoms with Crippen molar-refractivity contribution < 1.29 is 4.79 Å². The molecule has 1 aliphatic rings. The molecule has 1 nitrogen and oxygen atoms in total. The van der Waals surface area contributed by atoms with Crippen LogP contribution < -0.4 is 0 Å². The first-order valence-electron chi connectivity index (χ1n) is 6.28. The first-order valence-corrected chi connectivity index (χ1v) is 6.28. The van der Waals surface area contributed by atoms with E-state index in [1.807, 2.05) is 31.2 Å². The van der Waals surface area contributed by atoms with Crippen molar-refractivity contribution in [3.8, 4) is 0 Å². The minimum Gasteiger partial charge on any atom is -0.294 e. The van der Waals surface area contributed by atoms with Gasteiger partial charge in [-0.25, -0.2) is 0 Å². The van der Waals surface area contributed by atoms with E-state index in [-0.39, 0.29) is 5.92 Å². The number of carbonyl (C=O) groups excluding carboxylic acids is 1. The van der Waals surface area contributed by atoms with Crippen LogP contribution >= 0.6 is 0 Å². The number of Topliss-reactive ketones (excluding diaryl/α,β-unsaturated/α-hetero) is 1. The van der Waals surface area contributed by atoms with E-state index >= 15 is 0 Å². The highest BCUT2D eigenvalue weighted by Crippen LogP contribution is 2.31. The lowest BCUT2D eigenvalue weighted by atomic mass is 9.78. The van der Waals surface area contributed by atoms with Gasteiger partial charge >= 0.3 is 0 Å². The zero-order valence-electron chi connectivity index (χ0n) is 10.2. The number of carbonyl (C=O) groups is 1. The molecular weight excluding hydrogens is 196 g/mol. The van der Waals surface area contributed by atoms with Crippen LogP contribution in [0.15, 0.2) is 24.3 Å². The fraction of sp³-hybridized carbons (Fsp3) is 0.533. The Hall–Kier alpha value is -1.11. The maximum absolute atomic E-state index is 12.4. The predicted molar refractivity (Wildman–Crippen MR) is 66.6 cm³/mol. The van der Waals surface area contributed by atoms with Gasteiger partial charge in [-0.2, -0.15) is 0 Å². The van der Waals surface area contributed by atoms with Crippen LogP contribution in [-0.4, -0.2) is 5.78 Å². The Kier molecular flexibility index (Phi) is 3.42. The zero-order chi connectivity index (χ0) is 11.5. The van der Waals surface area contributed by atoms with Crippen LogP contribution in [-0.2, 0) is 0 Å². The Balaban J connectivity index is 2.16. The standard InChI is InChI=1S/C15H20O/c1-11-6-5-8-13(10-11)15(16)14-9-4-3-7-12(14)2/h3-4,7,9,11,13H,5-6,8,10H2,1-2H3/t11-,13+/m1/s1. The van der Waals surface area contributed by atoms with E-state index in [0.717, 1.165) is 24.0 Å². The minimum absolute atomic E-state index is 0.268. The summed E-state index contributed by atoms with van der Waals surface area (Å²) in [5.74, 6) is 1.35. The summed E-state index contributed by atoms with van der Waals surface area (Å²) in [6, 6.07) is 7.96. The van der Waals surface area contributed by atoms with Crippen LogP contribution in [0.4, 0.5) is 0 Å². The molecule has 2 atom stereocenters. The molecule has 0 heterocycles. The fourth-order valence-electron chi connectivity index (χ4n) is 2.74. The van der Waals surface area contributed by atoms with Crippen molar-refractivity contribution in [2.24, 2.45) is 11.8 Å². The van der Waals surface area contributed by atoms with Gasteiger partial charge in [-0.1, -0.05) is 44.0 Å². The van der Waals surface area contributed by atoms with Gasteiger partial charge in [-0.05, 0) is 31.2 Å². The molecule has 1 aromatic rings. The third kappa shape index (κ3) is 2.34. The van der Waals surface area contributed by atoms with Crippen molar-refractivity contribution in [1.29, 1.82) is 0 Å². The molecule has 0 amide bonds. The molecule has 1 aliphatic carbocycles. The molecule has 86 valence electrons. The quantitative estimate of drug-likeness (QED) is 0.683. The largest absolute Gasteiger partial charge is 0.294 e. The second-order valence-corrected chi connectivity index (χ2v) is 5.15. The zero-order valence-corrected chi connectivity index (χ0v) is 10.2. The molecule has 0 N–H and O–H groups in total. The first kappa shape index (κ1) is 11.4. The molecule has 0 aliphatic heterocycles. The van der Waals surface area contributed by atoms with Gasteiger partial charge in [0.25, 0.3) is 0 Å². The monoisotopic (exact) mass is 216 g/mol. The van der Waals surface area contributed by atoms with Crippen molar-refractivity contribution in [2.45, 2.75) is 39.5 Å². The molecule has 16 heavy (non-hydrogen) atoms. The number of benzene rings is 1. The van der Waals surface area contributed by atoms with Crippen molar-refractivity contribution in [3.63, 3.8) is 0 Å². The summed E-state index contributed by atoms with van der Waals surface area (Å²) in [5.41, 5.74) is 2.05. The Bertz CT molecular complexity index is 381. The SMILES string of the molecule is Cc1ccccc1C(=O)[C@H]1CCC[C@@H](C)C1. The average Bonchev–Trinajstić information content (AvgIpc) is 2.29. The van der Waals surface area contributed by atoms with Crippen LogP contribution in [0.3, 0.4) is 0 Å². The third-order valence-electron chi connectivity index (χ3n) is 3.72. The van der Waals surface area contributed by atoms with E-state index in [9.17, 15) is 4.79 Å². The number of aryl methyl sites for hydroxylation is 1. The Morgan fingerprint density at radius 3 is 2.69 bits per heavy atom. The molecular formula is C15H20O. The maximum atomic E-state index is 12.4. The van der Waals surface area contributed by atoms with Crippen molar-refractivity contribution in [1.82, 2.24) is 0 Å². The Labute approximate surface area is 97.9 Å². The topological polar surface area (TPSA) is 17.1 Å². The molecule has 1 saturated carbocycles. The van der Waals surface area contributed by atoms with Crippen LogP contribution in [0.25, 0.3) is 0 Å². The van der Waals surface area contributed by atoms with Crippen molar-refractivity contribution in [2.75, 3.05) is 0 Å². The molecule has 0 aromatic heterocycles. The molecule has 0 unspecified atom stereocenters. The second-order valence-electron chi connectivity index (χ2n) is 5.15. The van der Waals surface area contributed by atoms with Gasteiger partial charge in [0.05, 0.1) is 0 Å². The lowest BCUT2D eigenvalue weighted by Gasteiger charge is -2.26. The van der Waals surface area contributed by atoms with Crippen molar-refractivity contribution in [3.05, 3.63) is 35.4 Å². The van der Waals surface area contributed by atoms with Gasteiger partial charge in [0.2, 0.25) is 0 Å². The van der Waals surface area contributed by atoms with E-state index in [1.165, 1.54) is 12.8 Å². The van der Waals surface area contributed by atoms with Gasteiger partial charge in [0.15, 0.2) is 5.78 Å². The molecule has 2 rings (SSSR count). The molecule has 0 radical (unpaired) electrons. The van der Waals surface area contributed by atoms with E-state index < -0.39 is 0 Å². The normalized spacial score (nSPS) is 25.4. The second kappa shape index (κ2) is 4.82. The summed E-state index contributed by atoms with van der Waals surface area (Å²) in [6.45, 7) is 4.29. The summed E-state index contributed by atoms with van der Waals surface area (Å²) >= 11 is 0. The molecule has 1 heteroatoms. The maximum Gasteiger partial charge on any atom is 0.166 e. The molecule has 1 fully saturated rings. The average molecular weight is 216 g/mol. The number of ketones is 1. The van der Waals surface area contributed by atoms with E-state index in [0.29, 0.717) is 11.7 Å². The minimum atomic E-state index is 0.268. The number of hydrogen-bond donors (Lipinski definition) is 0. The Morgan fingerprint density at radius 1 is 1.25 bits per heavy atom. The fourth-order valence-corrected chi connectivity index (χ4v) is 2.74. The van der Waals surface area contributed by atoms with Crippen LogP contribution in [0.5, 0.6) is 0 Å². The van der Waals surface area contributed by atoms with Gasteiger partial charge in [-0.3, -0.25) is 4.79 Å².